The van der Waals surface area contributed by atoms with Gasteiger partial charge in [0.25, 0.3) is 0 Å². The molecule has 1 rings (SSSR count). The lowest BCUT2D eigenvalue weighted by Gasteiger charge is -2.03. The van der Waals surface area contributed by atoms with Gasteiger partial charge in [0.05, 0.1) is 13.2 Å². The topological polar surface area (TPSA) is 48.4 Å². The molecule has 0 aliphatic heterocycles. The van der Waals surface area contributed by atoms with Crippen molar-refractivity contribution < 1.29 is 14.3 Å². The molecule has 0 aliphatic carbocycles. The number of esters is 1. The minimum absolute atomic E-state index is 0.282. The zero-order valence-electron chi connectivity index (χ0n) is 8.10. The van der Waals surface area contributed by atoms with Gasteiger partial charge in [-0.1, -0.05) is 6.07 Å². The van der Waals surface area contributed by atoms with Crippen LogP contribution in [0, 0.1) is 0 Å². The van der Waals surface area contributed by atoms with Crippen LogP contribution in [-0.2, 0) is 20.9 Å². The number of pyridine rings is 1. The zero-order valence-corrected chi connectivity index (χ0v) is 8.10. The number of carbonyl (C=O) groups is 1. The fourth-order valence-electron chi connectivity index (χ4n) is 0.918. The molecule has 0 aromatic carbocycles. The molecule has 0 N–H and O–H groups in total. The highest BCUT2D eigenvalue weighted by Gasteiger charge is 1.94. The van der Waals surface area contributed by atoms with E-state index in [4.69, 9.17) is 9.47 Å². The van der Waals surface area contributed by atoms with E-state index < -0.39 is 0 Å². The molecule has 0 radical (unpaired) electrons. The maximum Gasteiger partial charge on any atom is 0.302 e. The first-order valence-electron chi connectivity index (χ1n) is 4.39. The van der Waals surface area contributed by atoms with Crippen LogP contribution in [0.4, 0.5) is 0 Å². The number of ether oxygens (including phenoxy) is 2. The minimum atomic E-state index is -0.282. The third-order valence-electron chi connectivity index (χ3n) is 1.52. The molecule has 0 saturated heterocycles. The van der Waals surface area contributed by atoms with Gasteiger partial charge in [0.1, 0.15) is 6.61 Å². The van der Waals surface area contributed by atoms with E-state index in [9.17, 15) is 4.79 Å². The monoisotopic (exact) mass is 195 g/mol. The Morgan fingerprint density at radius 3 is 3.00 bits per heavy atom. The first-order chi connectivity index (χ1) is 6.79. The molecule has 76 valence electrons. The summed E-state index contributed by atoms with van der Waals surface area (Å²) in [6, 6.07) is 3.78. The highest BCUT2D eigenvalue weighted by Crippen LogP contribution is 1.97. The zero-order chi connectivity index (χ0) is 10.2. The van der Waals surface area contributed by atoms with Crippen molar-refractivity contribution >= 4 is 5.97 Å². The van der Waals surface area contributed by atoms with Gasteiger partial charge in [0, 0.05) is 19.3 Å². The molecule has 1 aromatic rings. The van der Waals surface area contributed by atoms with Crippen molar-refractivity contribution in [3.05, 3.63) is 30.1 Å². The standard InChI is InChI=1S/C10H13NO3/c1-9(12)14-6-5-13-8-10-3-2-4-11-7-10/h2-4,7H,5-6,8H2,1H3. The first kappa shape index (κ1) is 10.7. The molecular weight excluding hydrogens is 182 g/mol. The molecule has 0 fully saturated rings. The molecule has 0 unspecified atom stereocenters. The van der Waals surface area contributed by atoms with Crippen LogP contribution in [0.5, 0.6) is 0 Å². The molecule has 0 aliphatic rings. The van der Waals surface area contributed by atoms with Gasteiger partial charge in [-0.05, 0) is 11.6 Å². The van der Waals surface area contributed by atoms with Crippen molar-refractivity contribution in [2.24, 2.45) is 0 Å². The van der Waals surface area contributed by atoms with Crippen LogP contribution in [-0.4, -0.2) is 24.2 Å². The van der Waals surface area contributed by atoms with Gasteiger partial charge < -0.3 is 9.47 Å². The van der Waals surface area contributed by atoms with E-state index in [1.807, 2.05) is 12.1 Å². The minimum Gasteiger partial charge on any atom is -0.463 e. The average molecular weight is 195 g/mol. The lowest BCUT2D eigenvalue weighted by molar-refractivity contribution is -0.142. The van der Waals surface area contributed by atoms with Crippen molar-refractivity contribution in [2.45, 2.75) is 13.5 Å². The second-order valence-electron chi connectivity index (χ2n) is 2.75. The molecular formula is C10H13NO3. The molecule has 0 bridgehead atoms. The Balaban J connectivity index is 2.08. The number of carbonyl (C=O) groups excluding carboxylic acids is 1. The second-order valence-corrected chi connectivity index (χ2v) is 2.75. The molecule has 14 heavy (non-hydrogen) atoms. The lowest BCUT2D eigenvalue weighted by atomic mass is 10.3. The van der Waals surface area contributed by atoms with Gasteiger partial charge in [-0.15, -0.1) is 0 Å². The van der Waals surface area contributed by atoms with Crippen molar-refractivity contribution in [1.82, 2.24) is 4.98 Å². The van der Waals surface area contributed by atoms with Crippen molar-refractivity contribution in [1.29, 1.82) is 0 Å². The van der Waals surface area contributed by atoms with Gasteiger partial charge in [-0.2, -0.15) is 0 Å². The van der Waals surface area contributed by atoms with Crippen LogP contribution in [0.1, 0.15) is 12.5 Å². The summed E-state index contributed by atoms with van der Waals surface area (Å²) in [5.74, 6) is -0.282. The third kappa shape index (κ3) is 4.57. The highest BCUT2D eigenvalue weighted by atomic mass is 16.6. The number of nitrogens with zero attached hydrogens (tertiary/aromatic N) is 1. The Morgan fingerprint density at radius 1 is 1.50 bits per heavy atom. The van der Waals surface area contributed by atoms with Gasteiger partial charge in [-0.3, -0.25) is 9.78 Å². The average Bonchev–Trinajstić information content (AvgIpc) is 2.18. The SMILES string of the molecule is CC(=O)OCCOCc1cccnc1. The van der Waals surface area contributed by atoms with Crippen molar-refractivity contribution in [2.75, 3.05) is 13.2 Å². The molecule has 4 heteroatoms. The Bertz CT molecular complexity index is 274. The summed E-state index contributed by atoms with van der Waals surface area (Å²) in [4.78, 5) is 14.3. The van der Waals surface area contributed by atoms with Gasteiger partial charge >= 0.3 is 5.97 Å². The summed E-state index contributed by atoms with van der Waals surface area (Å²) >= 11 is 0. The smallest absolute Gasteiger partial charge is 0.302 e. The molecule has 1 heterocycles. The van der Waals surface area contributed by atoms with Gasteiger partial charge in [-0.25, -0.2) is 0 Å². The first-order valence-corrected chi connectivity index (χ1v) is 4.39. The second kappa shape index (κ2) is 6.10. The normalized spacial score (nSPS) is 9.79. The predicted octanol–water partition coefficient (Wildman–Crippen LogP) is 1.16. The van der Waals surface area contributed by atoms with E-state index in [1.54, 1.807) is 12.4 Å². The Kier molecular flexibility index (Phi) is 4.64. The van der Waals surface area contributed by atoms with Crippen LogP contribution in [0.3, 0.4) is 0 Å². The maximum absolute atomic E-state index is 10.4. The lowest BCUT2D eigenvalue weighted by Crippen LogP contribution is -2.07. The van der Waals surface area contributed by atoms with Gasteiger partial charge in [0.15, 0.2) is 0 Å². The number of hydrogen-bond donors (Lipinski definition) is 0. The number of rotatable bonds is 5. The van der Waals surface area contributed by atoms with Crippen molar-refractivity contribution in [3.8, 4) is 0 Å². The van der Waals surface area contributed by atoms with Crippen LogP contribution in [0.15, 0.2) is 24.5 Å². The van der Waals surface area contributed by atoms with Crippen LogP contribution in [0.2, 0.25) is 0 Å². The summed E-state index contributed by atoms with van der Waals surface area (Å²) in [6.07, 6.45) is 3.45. The third-order valence-corrected chi connectivity index (χ3v) is 1.52. The molecule has 1 aromatic heterocycles. The molecule has 0 spiro atoms. The molecule has 0 saturated carbocycles. The summed E-state index contributed by atoms with van der Waals surface area (Å²) in [7, 11) is 0. The van der Waals surface area contributed by atoms with E-state index in [0.717, 1.165) is 5.56 Å². The number of hydrogen-bond acceptors (Lipinski definition) is 4. The summed E-state index contributed by atoms with van der Waals surface area (Å²) < 4.78 is 9.95. The van der Waals surface area contributed by atoms with Crippen LogP contribution in [0.25, 0.3) is 0 Å². The molecule has 0 amide bonds. The Labute approximate surface area is 82.9 Å². The highest BCUT2D eigenvalue weighted by molar-refractivity contribution is 5.65. The molecule has 4 nitrogen and oxygen atoms in total. The van der Waals surface area contributed by atoms with Crippen molar-refractivity contribution in [3.63, 3.8) is 0 Å². The molecule has 0 atom stereocenters. The quantitative estimate of drug-likeness (QED) is 0.522. The predicted molar refractivity (Wildman–Crippen MR) is 50.5 cm³/mol. The van der Waals surface area contributed by atoms with E-state index in [0.29, 0.717) is 19.8 Å². The van der Waals surface area contributed by atoms with E-state index in [-0.39, 0.29) is 5.97 Å². The van der Waals surface area contributed by atoms with Gasteiger partial charge in [0.2, 0.25) is 0 Å². The van der Waals surface area contributed by atoms with E-state index in [1.165, 1.54) is 6.92 Å². The van der Waals surface area contributed by atoms with E-state index >= 15 is 0 Å². The summed E-state index contributed by atoms with van der Waals surface area (Å²) in [6.45, 7) is 2.58. The summed E-state index contributed by atoms with van der Waals surface area (Å²) in [5.41, 5.74) is 1.01. The van der Waals surface area contributed by atoms with Crippen LogP contribution < -0.4 is 0 Å². The fraction of sp³-hybridized carbons (Fsp3) is 0.400. The summed E-state index contributed by atoms with van der Waals surface area (Å²) in [5, 5.41) is 0. The van der Waals surface area contributed by atoms with Crippen LogP contribution >= 0.6 is 0 Å². The maximum atomic E-state index is 10.4. The number of aromatic nitrogens is 1. The Hall–Kier alpha value is -1.42. The largest absolute Gasteiger partial charge is 0.463 e. The Morgan fingerprint density at radius 2 is 2.36 bits per heavy atom. The van der Waals surface area contributed by atoms with E-state index in [2.05, 4.69) is 4.98 Å². The fourth-order valence-corrected chi connectivity index (χ4v) is 0.918.